The number of carboxylic acids is 1. The molecular weight excluding hydrogens is 134 g/mol. The van der Waals surface area contributed by atoms with Crippen molar-refractivity contribution in [2.45, 2.75) is 12.6 Å². The Morgan fingerprint density at radius 3 is 2.00 bits per heavy atom. The van der Waals surface area contributed by atoms with Gasteiger partial charge < -0.3 is 5.11 Å². The minimum absolute atomic E-state index is 0. The number of hydrogen-bond donors (Lipinski definition) is 1. The van der Waals surface area contributed by atoms with Gasteiger partial charge in [-0.1, -0.05) is 0 Å². The molecule has 7 heavy (non-hydrogen) atoms. The van der Waals surface area contributed by atoms with Crippen LogP contribution in [0.5, 0.6) is 0 Å². The third-order valence-electron chi connectivity index (χ3n) is 0.390. The summed E-state index contributed by atoms with van der Waals surface area (Å²) in [7, 11) is 2.17. The van der Waals surface area contributed by atoms with Crippen LogP contribution in [0, 0.1) is 0 Å². The number of aliphatic carboxylic acids is 1. The van der Waals surface area contributed by atoms with E-state index >= 15 is 0 Å². The van der Waals surface area contributed by atoms with E-state index in [1.165, 1.54) is 0 Å². The summed E-state index contributed by atoms with van der Waals surface area (Å²) in [4.78, 5) is 9.68. The van der Waals surface area contributed by atoms with Crippen molar-refractivity contribution in [3.05, 3.63) is 0 Å². The predicted molar refractivity (Wildman–Crippen MR) is 34.1 cm³/mol. The van der Waals surface area contributed by atoms with Crippen molar-refractivity contribution in [3.63, 3.8) is 0 Å². The van der Waals surface area contributed by atoms with Gasteiger partial charge in [0, 0.05) is 0 Å². The number of hydrogen-bond acceptors (Lipinski definition) is 1. The van der Waals surface area contributed by atoms with Gasteiger partial charge in [0.05, 0.1) is 5.66 Å². The maximum Gasteiger partial charge on any atom is 0.310 e. The van der Waals surface area contributed by atoms with Crippen LogP contribution in [-0.2, 0) is 4.79 Å². The molecule has 0 aliphatic carbocycles. The van der Waals surface area contributed by atoms with Crippen molar-refractivity contribution in [3.8, 4) is 0 Å². The quantitative estimate of drug-likeness (QED) is 0.549. The second kappa shape index (κ2) is 4.35. The predicted octanol–water partition coefficient (Wildman–Crippen LogP) is 0.756. The van der Waals surface area contributed by atoms with Crippen molar-refractivity contribution in [1.29, 1.82) is 0 Å². The van der Waals surface area contributed by atoms with E-state index in [0.717, 1.165) is 0 Å². The fourth-order valence-electron chi connectivity index (χ4n) is 0. The van der Waals surface area contributed by atoms with Crippen molar-refractivity contribution < 1.29 is 9.90 Å². The second-order valence-corrected chi connectivity index (χ2v) is 2.13. The van der Waals surface area contributed by atoms with Crippen LogP contribution in [0.4, 0.5) is 0 Å². The molecule has 0 aromatic carbocycles. The summed E-state index contributed by atoms with van der Waals surface area (Å²) in [6.07, 6.45) is 0. The van der Waals surface area contributed by atoms with E-state index in [2.05, 4.69) is 9.24 Å². The summed E-state index contributed by atoms with van der Waals surface area (Å²) in [5, 5.41) is 7.97. The minimum Gasteiger partial charge on any atom is -0.481 e. The van der Waals surface area contributed by atoms with E-state index in [4.69, 9.17) is 5.11 Å². The molecule has 0 radical (unpaired) electrons. The summed E-state index contributed by atoms with van der Waals surface area (Å²) in [6, 6.07) is 0. The zero-order valence-corrected chi connectivity index (χ0v) is 5.89. The summed E-state index contributed by atoms with van der Waals surface area (Å²) in [5.41, 5.74) is -0.315. The van der Waals surface area contributed by atoms with Crippen molar-refractivity contribution in [2.24, 2.45) is 0 Å². The zero-order valence-electron chi connectivity index (χ0n) is 3.92. The van der Waals surface area contributed by atoms with Crippen molar-refractivity contribution in [2.75, 3.05) is 0 Å². The highest BCUT2D eigenvalue weighted by Gasteiger charge is 1.99. The highest BCUT2D eigenvalue weighted by Crippen LogP contribution is 1.94. The highest BCUT2D eigenvalue weighted by molar-refractivity contribution is 7.19. The summed E-state index contributed by atoms with van der Waals surface area (Å²) >= 11 is 0. The van der Waals surface area contributed by atoms with E-state index < -0.39 is 5.97 Å². The van der Waals surface area contributed by atoms with Crippen LogP contribution in [0.15, 0.2) is 0 Å². The van der Waals surface area contributed by atoms with Gasteiger partial charge in [0.1, 0.15) is 0 Å². The molecule has 0 saturated heterocycles. The number of carboxylic acid groups (broad SMARTS) is 1. The van der Waals surface area contributed by atoms with Crippen molar-refractivity contribution >= 4 is 27.6 Å². The molecule has 0 amide bonds. The van der Waals surface area contributed by atoms with Gasteiger partial charge in [-0.3, -0.25) is 4.79 Å². The lowest BCUT2D eigenvalue weighted by Crippen LogP contribution is -2.06. The first kappa shape index (κ1) is 10.2. The van der Waals surface area contributed by atoms with Gasteiger partial charge >= 0.3 is 5.97 Å². The lowest BCUT2D eigenvalue weighted by atomic mass is 10.5. The average Bonchev–Trinajstić information content (AvgIpc) is 1.36. The van der Waals surface area contributed by atoms with Crippen LogP contribution in [-0.4, -0.2) is 16.7 Å². The molecule has 0 aliphatic heterocycles. The Labute approximate surface area is 50.9 Å². The maximum atomic E-state index is 9.68. The molecule has 0 bridgehead atoms. The van der Waals surface area contributed by atoms with E-state index in [-0.39, 0.29) is 18.1 Å². The van der Waals surface area contributed by atoms with Crippen LogP contribution in [0.3, 0.4) is 0 Å². The van der Waals surface area contributed by atoms with Gasteiger partial charge in [-0.15, -0.1) is 21.6 Å². The minimum atomic E-state index is -0.778. The average molecular weight is 143 g/mol. The lowest BCUT2D eigenvalue weighted by molar-refractivity contribution is -0.136. The lowest BCUT2D eigenvalue weighted by Gasteiger charge is -1.89. The molecule has 0 fully saturated rings. The van der Waals surface area contributed by atoms with Crippen LogP contribution >= 0.6 is 21.6 Å². The van der Waals surface area contributed by atoms with Gasteiger partial charge in [0.25, 0.3) is 0 Å². The standard InChI is InChI=1S/C3H7O2P.ClH/c1-2(6)3(4)5;/h2H,6H2,1H3,(H,4,5);1H. The molecule has 2 atom stereocenters. The molecule has 0 spiro atoms. The van der Waals surface area contributed by atoms with Crippen LogP contribution in [0.2, 0.25) is 0 Å². The normalized spacial score (nSPS) is 11.7. The van der Waals surface area contributed by atoms with E-state index in [1.807, 2.05) is 0 Å². The maximum absolute atomic E-state index is 9.68. The molecule has 44 valence electrons. The Morgan fingerprint density at radius 2 is 2.00 bits per heavy atom. The molecule has 0 aliphatic rings. The van der Waals surface area contributed by atoms with Crippen LogP contribution in [0.25, 0.3) is 0 Å². The van der Waals surface area contributed by atoms with Gasteiger partial charge in [0.2, 0.25) is 0 Å². The Balaban J connectivity index is 0. The fraction of sp³-hybridized carbons (Fsp3) is 0.667. The number of halogens is 1. The monoisotopic (exact) mass is 142 g/mol. The molecule has 0 aromatic rings. The van der Waals surface area contributed by atoms with Gasteiger partial charge in [0.15, 0.2) is 0 Å². The molecule has 0 saturated carbocycles. The van der Waals surface area contributed by atoms with E-state index in [1.54, 1.807) is 6.92 Å². The molecule has 2 nitrogen and oxygen atoms in total. The first-order chi connectivity index (χ1) is 2.64. The largest absolute Gasteiger partial charge is 0.481 e. The number of carbonyl (C=O) groups is 1. The summed E-state index contributed by atoms with van der Waals surface area (Å²) < 4.78 is 0. The molecule has 1 N–H and O–H groups in total. The Hall–Kier alpha value is 0.190. The van der Waals surface area contributed by atoms with Crippen LogP contribution in [0.1, 0.15) is 6.92 Å². The van der Waals surface area contributed by atoms with Crippen molar-refractivity contribution in [1.82, 2.24) is 0 Å². The van der Waals surface area contributed by atoms with Gasteiger partial charge in [-0.2, -0.15) is 0 Å². The fourth-order valence-corrected chi connectivity index (χ4v) is 0. The summed E-state index contributed by atoms with van der Waals surface area (Å²) in [6.45, 7) is 1.60. The first-order valence-corrected chi connectivity index (χ1v) is 2.29. The molecule has 2 unspecified atom stereocenters. The zero-order chi connectivity index (χ0) is 5.15. The number of rotatable bonds is 1. The SMILES string of the molecule is CC(P)C(=O)O.Cl. The second-order valence-electron chi connectivity index (χ2n) is 1.13. The highest BCUT2D eigenvalue weighted by atomic mass is 35.5. The molecular formula is C3H8ClO2P. The third kappa shape index (κ3) is 6.19. The van der Waals surface area contributed by atoms with E-state index in [9.17, 15) is 4.79 Å². The summed E-state index contributed by atoms with van der Waals surface area (Å²) in [5.74, 6) is -0.778. The topological polar surface area (TPSA) is 37.3 Å². The van der Waals surface area contributed by atoms with Crippen LogP contribution < -0.4 is 0 Å². The van der Waals surface area contributed by atoms with Gasteiger partial charge in [-0.05, 0) is 6.92 Å². The molecule has 4 heteroatoms. The van der Waals surface area contributed by atoms with E-state index in [0.29, 0.717) is 0 Å². The smallest absolute Gasteiger partial charge is 0.310 e. The Kier molecular flexibility index (Phi) is 6.36. The third-order valence-corrected chi connectivity index (χ3v) is 0.675. The molecule has 0 rings (SSSR count). The molecule has 0 heterocycles. The Bertz CT molecular complexity index is 64.0. The molecule has 0 aromatic heterocycles. The van der Waals surface area contributed by atoms with Gasteiger partial charge in [-0.25, -0.2) is 0 Å². The Morgan fingerprint density at radius 1 is 1.86 bits per heavy atom. The first-order valence-electron chi connectivity index (χ1n) is 1.63.